The molecule has 0 saturated carbocycles. The number of nitrogens with one attached hydrogen (secondary N) is 2. The van der Waals surface area contributed by atoms with Crippen LogP contribution >= 0.6 is 23.5 Å². The predicted molar refractivity (Wildman–Crippen MR) is 138 cm³/mol. The Morgan fingerprint density at radius 3 is 2.82 bits per heavy atom. The zero-order chi connectivity index (χ0) is 22.2. The van der Waals surface area contributed by atoms with Crippen molar-refractivity contribution in [1.82, 2.24) is 20.2 Å². The second kappa shape index (κ2) is 11.8. The predicted octanol–water partition coefficient (Wildman–Crippen LogP) is 4.34. The van der Waals surface area contributed by atoms with Gasteiger partial charge in [0.05, 0.1) is 23.3 Å². The summed E-state index contributed by atoms with van der Waals surface area (Å²) >= 11 is 7.72. The molecule has 2 saturated heterocycles. The Kier molecular flexibility index (Phi) is 9.54. The number of amidine groups is 1. The average molecular weight is 576 g/mol. The molecule has 0 aromatic heterocycles. The molecule has 7 nitrogen and oxygen atoms in total. The summed E-state index contributed by atoms with van der Waals surface area (Å²) in [7, 11) is 0. The Labute approximate surface area is 237 Å². The van der Waals surface area contributed by atoms with Gasteiger partial charge in [0.15, 0.2) is 0 Å². The number of anilines is 1. The van der Waals surface area contributed by atoms with Gasteiger partial charge < -0.3 is 21.9 Å². The number of aliphatic imine (C=N–C) groups is 1. The van der Waals surface area contributed by atoms with Crippen LogP contribution in [-0.2, 0) is 32.7 Å². The van der Waals surface area contributed by atoms with E-state index in [1.807, 2.05) is 28.3 Å². The van der Waals surface area contributed by atoms with Gasteiger partial charge in [0.25, 0.3) is 5.91 Å². The number of benzene rings is 1. The molecule has 10 heteroatoms. The van der Waals surface area contributed by atoms with E-state index in [4.69, 9.17) is 16.6 Å². The number of carbonyl (C=O) groups is 1. The van der Waals surface area contributed by atoms with Crippen molar-refractivity contribution >= 4 is 41.0 Å². The summed E-state index contributed by atoms with van der Waals surface area (Å²) in [4.78, 5) is 22.9. The van der Waals surface area contributed by atoms with E-state index < -0.39 is 0 Å². The minimum absolute atomic E-state index is 0. The summed E-state index contributed by atoms with van der Waals surface area (Å²) in [6.07, 6.45) is 11.5. The molecule has 4 aliphatic rings. The van der Waals surface area contributed by atoms with E-state index in [1.54, 1.807) is 6.07 Å². The standard InChI is InChI=1S/C23H28ClN6OS.CH3.Y/c1-15-14-30-21(25-22(15)28-9-5-10-28)13-19(26-30)20-6-3-4-11-29(20)23(31)17-12-16(24)7-8-18(17)27-32-2;;/h5,7-8,12-14,19-20,26-27H,3-4,6,9-11H2,1-2H3;1H3;/q2*-1;. The molecule has 0 spiro atoms. The number of rotatable bonds is 4. The molecule has 4 heterocycles. The van der Waals surface area contributed by atoms with Gasteiger partial charge in [0.1, 0.15) is 11.7 Å². The second-order valence-corrected chi connectivity index (χ2v) is 9.60. The summed E-state index contributed by atoms with van der Waals surface area (Å²) in [6.45, 7) is 4.73. The fourth-order valence-corrected chi connectivity index (χ4v) is 5.30. The zero-order valence-electron chi connectivity index (χ0n) is 19.9. The summed E-state index contributed by atoms with van der Waals surface area (Å²) in [5.74, 6) is 1.97. The van der Waals surface area contributed by atoms with Gasteiger partial charge in [-0.25, -0.2) is 10.4 Å². The van der Waals surface area contributed by atoms with Gasteiger partial charge in [-0.2, -0.15) is 0 Å². The van der Waals surface area contributed by atoms with Crippen LogP contribution in [0.4, 0.5) is 5.69 Å². The van der Waals surface area contributed by atoms with Gasteiger partial charge in [-0.15, -0.1) is 13.1 Å². The van der Waals surface area contributed by atoms with Crippen molar-refractivity contribution in [3.8, 4) is 0 Å². The first-order valence-electron chi connectivity index (χ1n) is 11.1. The van der Waals surface area contributed by atoms with E-state index in [-0.39, 0.29) is 58.1 Å². The van der Waals surface area contributed by atoms with E-state index in [9.17, 15) is 4.79 Å². The number of piperidine rings is 1. The third-order valence-electron chi connectivity index (χ3n) is 6.41. The Morgan fingerprint density at radius 1 is 1.32 bits per heavy atom. The van der Waals surface area contributed by atoms with Gasteiger partial charge >= 0.3 is 0 Å². The van der Waals surface area contributed by atoms with Crippen LogP contribution in [0.1, 0.15) is 36.5 Å². The van der Waals surface area contributed by atoms with Crippen molar-refractivity contribution in [2.75, 3.05) is 30.6 Å². The molecule has 0 bridgehead atoms. The first-order valence-corrected chi connectivity index (χ1v) is 12.7. The number of likely N-dealkylation sites (tertiary alicyclic amines) is 2. The minimum atomic E-state index is 0. The van der Waals surface area contributed by atoms with E-state index in [0.717, 1.165) is 61.8 Å². The van der Waals surface area contributed by atoms with Crippen LogP contribution in [0.25, 0.3) is 0 Å². The Morgan fingerprint density at radius 2 is 2.12 bits per heavy atom. The normalized spacial score (nSPS) is 23.5. The number of hydrogen-bond donors (Lipinski definition) is 2. The SMILES string of the molecule is CSNc1ccc(Cl)cc1C(=O)N1CCCCC1C1C=C2N=C(N3C[CH-]C3)C(C)=CN2N1.[CH3-].[Y]. The van der Waals surface area contributed by atoms with Gasteiger partial charge in [-0.05, 0) is 50.5 Å². The Balaban J connectivity index is 0.00000162. The molecular formula is C24H31ClN6OSY-2. The van der Waals surface area contributed by atoms with Crippen molar-refractivity contribution < 1.29 is 37.5 Å². The number of amides is 1. The maximum atomic E-state index is 13.7. The monoisotopic (exact) mass is 575 g/mol. The smallest absolute Gasteiger partial charge is 0.256 e. The molecular weight excluding hydrogens is 545 g/mol. The maximum Gasteiger partial charge on any atom is 0.256 e. The number of fused-ring (bicyclic) bond motifs is 1. The van der Waals surface area contributed by atoms with E-state index in [2.05, 4.69) is 40.7 Å². The molecule has 5 rings (SSSR count). The zero-order valence-corrected chi connectivity index (χ0v) is 24.3. The van der Waals surface area contributed by atoms with Crippen LogP contribution in [0, 0.1) is 13.8 Å². The van der Waals surface area contributed by atoms with Crippen molar-refractivity contribution in [3.63, 3.8) is 0 Å². The summed E-state index contributed by atoms with van der Waals surface area (Å²) < 4.78 is 3.22. The van der Waals surface area contributed by atoms with Crippen LogP contribution in [0.5, 0.6) is 0 Å². The quantitative estimate of drug-likeness (QED) is 0.412. The molecule has 1 radical (unpaired) electrons. The van der Waals surface area contributed by atoms with E-state index >= 15 is 0 Å². The Hall–Kier alpha value is -1.06. The topological polar surface area (TPSA) is 63.2 Å². The fourth-order valence-electron chi connectivity index (χ4n) is 4.73. The molecule has 1 amide bonds. The third-order valence-corrected chi connectivity index (χ3v) is 7.07. The van der Waals surface area contributed by atoms with Crippen LogP contribution in [-0.4, -0.2) is 64.5 Å². The first-order chi connectivity index (χ1) is 15.5. The molecule has 34 heavy (non-hydrogen) atoms. The fraction of sp³-hybridized carbons (Fsp3) is 0.417. The summed E-state index contributed by atoms with van der Waals surface area (Å²) in [5, 5.41) is 2.57. The molecule has 1 aromatic carbocycles. The maximum absolute atomic E-state index is 13.7. The molecule has 2 fully saturated rings. The number of nitrogens with zero attached hydrogens (tertiary/aromatic N) is 4. The molecule has 2 unspecified atom stereocenters. The molecule has 2 atom stereocenters. The van der Waals surface area contributed by atoms with E-state index in [1.165, 1.54) is 11.9 Å². The molecule has 4 aliphatic heterocycles. The number of hydrogen-bond acceptors (Lipinski definition) is 7. The van der Waals surface area contributed by atoms with Crippen molar-refractivity contribution in [3.05, 3.63) is 66.3 Å². The first kappa shape index (κ1) is 27.5. The molecule has 181 valence electrons. The second-order valence-electron chi connectivity index (χ2n) is 8.55. The average Bonchev–Trinajstić information content (AvgIpc) is 3.16. The van der Waals surface area contributed by atoms with Crippen molar-refractivity contribution in [2.45, 2.75) is 38.3 Å². The van der Waals surface area contributed by atoms with Gasteiger partial charge in [-0.3, -0.25) is 16.2 Å². The molecule has 0 aliphatic carbocycles. The Bertz CT molecular complexity index is 1010. The molecule has 1 aromatic rings. The minimum Gasteiger partial charge on any atom is -0.416 e. The van der Waals surface area contributed by atoms with Gasteiger partial charge in [0, 0.05) is 62.3 Å². The number of hydrazine groups is 1. The van der Waals surface area contributed by atoms with Gasteiger partial charge in [0.2, 0.25) is 0 Å². The largest absolute Gasteiger partial charge is 0.416 e. The summed E-state index contributed by atoms with van der Waals surface area (Å²) in [5.41, 5.74) is 6.13. The molecule has 2 N–H and O–H groups in total. The van der Waals surface area contributed by atoms with Crippen molar-refractivity contribution in [1.29, 1.82) is 0 Å². The number of halogens is 1. The van der Waals surface area contributed by atoms with Gasteiger partial charge in [-0.1, -0.05) is 23.5 Å². The van der Waals surface area contributed by atoms with E-state index in [0.29, 0.717) is 10.6 Å². The van der Waals surface area contributed by atoms with Crippen LogP contribution in [0.2, 0.25) is 5.02 Å². The number of carbonyl (C=O) groups excluding carboxylic acids is 1. The summed E-state index contributed by atoms with van der Waals surface area (Å²) in [6, 6.07) is 5.52. The van der Waals surface area contributed by atoms with Crippen LogP contribution in [0.15, 0.2) is 46.9 Å². The van der Waals surface area contributed by atoms with Crippen LogP contribution in [0.3, 0.4) is 0 Å². The van der Waals surface area contributed by atoms with Crippen molar-refractivity contribution in [2.24, 2.45) is 4.99 Å². The third kappa shape index (κ3) is 5.36. The van der Waals surface area contributed by atoms with Crippen LogP contribution < -0.4 is 10.1 Å².